The van der Waals surface area contributed by atoms with Crippen LogP contribution in [0.15, 0.2) is 29.2 Å². The zero-order valence-electron chi connectivity index (χ0n) is 9.33. The van der Waals surface area contributed by atoms with Crippen LogP contribution in [0.1, 0.15) is 30.9 Å². The molecule has 0 fully saturated rings. The van der Waals surface area contributed by atoms with E-state index < -0.39 is 0 Å². The first kappa shape index (κ1) is 12.0. The molecule has 0 bridgehead atoms. The van der Waals surface area contributed by atoms with Crippen molar-refractivity contribution >= 4 is 0 Å². The Morgan fingerprint density at radius 2 is 2.40 bits per heavy atom. The van der Waals surface area contributed by atoms with Crippen LogP contribution >= 0.6 is 0 Å². The molecule has 0 aliphatic carbocycles. The first-order valence-corrected chi connectivity index (χ1v) is 5.44. The monoisotopic (exact) mass is 208 g/mol. The van der Waals surface area contributed by atoms with Crippen molar-refractivity contribution in [1.82, 2.24) is 5.32 Å². The van der Waals surface area contributed by atoms with Crippen molar-refractivity contribution in [3.8, 4) is 0 Å². The summed E-state index contributed by atoms with van der Waals surface area (Å²) in [6.45, 7) is 7.19. The number of nitrogens with two attached hydrogens (primary N) is 1. The van der Waals surface area contributed by atoms with Crippen LogP contribution in [0.4, 0.5) is 0 Å². The van der Waals surface area contributed by atoms with Crippen LogP contribution in [-0.2, 0) is 6.42 Å². The summed E-state index contributed by atoms with van der Waals surface area (Å²) in [7, 11) is 0. The molecule has 1 aromatic rings. The first-order valence-electron chi connectivity index (χ1n) is 5.44. The Bertz CT molecular complexity index is 294. The fourth-order valence-electron chi connectivity index (χ4n) is 1.43. The van der Waals surface area contributed by atoms with Crippen molar-refractivity contribution in [1.29, 1.82) is 0 Å². The molecular formula is C12H20N2O. The molecule has 1 unspecified atom stereocenters. The summed E-state index contributed by atoms with van der Waals surface area (Å²) in [5, 5.41) is 3.33. The molecule has 1 aromatic heterocycles. The van der Waals surface area contributed by atoms with E-state index in [1.165, 1.54) is 0 Å². The van der Waals surface area contributed by atoms with Gasteiger partial charge in [-0.2, -0.15) is 0 Å². The minimum absolute atomic E-state index is 0.116. The lowest BCUT2D eigenvalue weighted by Gasteiger charge is -2.13. The fraction of sp³-hybridized carbons (Fsp3) is 0.500. The van der Waals surface area contributed by atoms with E-state index in [1.54, 1.807) is 0 Å². The average molecular weight is 208 g/mol. The van der Waals surface area contributed by atoms with E-state index in [-0.39, 0.29) is 6.04 Å². The number of hydrogen-bond acceptors (Lipinski definition) is 3. The summed E-state index contributed by atoms with van der Waals surface area (Å²) in [5.41, 5.74) is 5.69. The molecule has 3 heteroatoms. The van der Waals surface area contributed by atoms with Gasteiger partial charge in [-0.15, -0.1) is 6.58 Å². The Balaban J connectivity index is 2.53. The predicted molar refractivity (Wildman–Crippen MR) is 62.7 cm³/mol. The third-order valence-electron chi connectivity index (χ3n) is 2.35. The average Bonchev–Trinajstić information content (AvgIpc) is 2.73. The zero-order valence-corrected chi connectivity index (χ0v) is 9.33. The van der Waals surface area contributed by atoms with Gasteiger partial charge >= 0.3 is 0 Å². The first-order chi connectivity index (χ1) is 7.31. The van der Waals surface area contributed by atoms with Crippen molar-refractivity contribution in [2.24, 2.45) is 5.73 Å². The fourth-order valence-corrected chi connectivity index (χ4v) is 1.43. The molecular weight excluding hydrogens is 188 g/mol. The Kier molecular flexibility index (Phi) is 5.15. The highest BCUT2D eigenvalue weighted by molar-refractivity contribution is 5.11. The van der Waals surface area contributed by atoms with Crippen LogP contribution in [0.2, 0.25) is 0 Å². The molecule has 0 aliphatic rings. The van der Waals surface area contributed by atoms with E-state index in [1.807, 2.05) is 18.2 Å². The predicted octanol–water partition coefficient (Wildman–Crippen LogP) is 2.01. The molecule has 0 spiro atoms. The SMILES string of the molecule is C=CCCNC(CN)c1ccc(CC)o1. The van der Waals surface area contributed by atoms with Gasteiger partial charge in [0, 0.05) is 13.0 Å². The maximum Gasteiger partial charge on any atom is 0.122 e. The van der Waals surface area contributed by atoms with Gasteiger partial charge in [0.05, 0.1) is 6.04 Å². The molecule has 0 saturated heterocycles. The molecule has 0 saturated carbocycles. The van der Waals surface area contributed by atoms with E-state index in [4.69, 9.17) is 10.2 Å². The van der Waals surface area contributed by atoms with Crippen LogP contribution < -0.4 is 11.1 Å². The Labute approximate surface area is 91.3 Å². The maximum absolute atomic E-state index is 5.69. The normalized spacial score (nSPS) is 12.7. The molecule has 1 atom stereocenters. The smallest absolute Gasteiger partial charge is 0.122 e. The van der Waals surface area contributed by atoms with Crippen LogP contribution in [0, 0.1) is 0 Å². The van der Waals surface area contributed by atoms with Gasteiger partial charge < -0.3 is 15.5 Å². The summed E-state index contributed by atoms with van der Waals surface area (Å²) in [4.78, 5) is 0. The second kappa shape index (κ2) is 6.43. The third-order valence-corrected chi connectivity index (χ3v) is 2.35. The summed E-state index contributed by atoms with van der Waals surface area (Å²) in [6, 6.07) is 4.12. The van der Waals surface area contributed by atoms with Gasteiger partial charge in [-0.25, -0.2) is 0 Å². The number of rotatable bonds is 7. The second-order valence-electron chi connectivity index (χ2n) is 3.48. The minimum Gasteiger partial charge on any atom is -0.464 e. The van der Waals surface area contributed by atoms with Gasteiger partial charge in [0.1, 0.15) is 11.5 Å². The van der Waals surface area contributed by atoms with E-state index in [9.17, 15) is 0 Å². The van der Waals surface area contributed by atoms with Crippen LogP contribution in [-0.4, -0.2) is 13.1 Å². The largest absolute Gasteiger partial charge is 0.464 e. The standard InChI is InChI=1S/C12H20N2O/c1-3-5-8-14-11(9-13)12-7-6-10(4-2)15-12/h3,6-7,11,14H,1,4-5,8-9,13H2,2H3. The molecule has 0 amide bonds. The highest BCUT2D eigenvalue weighted by atomic mass is 16.3. The van der Waals surface area contributed by atoms with Crippen LogP contribution in [0.5, 0.6) is 0 Å². The molecule has 0 aromatic carbocycles. The van der Waals surface area contributed by atoms with Crippen molar-refractivity contribution in [2.45, 2.75) is 25.8 Å². The highest BCUT2D eigenvalue weighted by Gasteiger charge is 2.12. The Morgan fingerprint density at radius 3 is 2.93 bits per heavy atom. The topological polar surface area (TPSA) is 51.2 Å². The lowest BCUT2D eigenvalue weighted by atomic mass is 10.2. The number of aryl methyl sites for hydroxylation is 1. The van der Waals surface area contributed by atoms with E-state index in [2.05, 4.69) is 18.8 Å². The zero-order chi connectivity index (χ0) is 11.1. The molecule has 0 aliphatic heterocycles. The van der Waals surface area contributed by atoms with Gasteiger partial charge in [-0.1, -0.05) is 13.0 Å². The van der Waals surface area contributed by atoms with Crippen LogP contribution in [0.3, 0.4) is 0 Å². The van der Waals surface area contributed by atoms with E-state index in [0.29, 0.717) is 6.54 Å². The van der Waals surface area contributed by atoms with Crippen LogP contribution in [0.25, 0.3) is 0 Å². The molecule has 1 heterocycles. The van der Waals surface area contributed by atoms with E-state index in [0.717, 1.165) is 30.9 Å². The Hall–Kier alpha value is -1.06. The van der Waals surface area contributed by atoms with Gasteiger partial charge in [0.2, 0.25) is 0 Å². The summed E-state index contributed by atoms with van der Waals surface area (Å²) in [6.07, 6.45) is 3.75. The van der Waals surface area contributed by atoms with Crippen molar-refractivity contribution in [3.05, 3.63) is 36.3 Å². The molecule has 1 rings (SSSR count). The molecule has 3 N–H and O–H groups in total. The lowest BCUT2D eigenvalue weighted by molar-refractivity contribution is 0.399. The molecule has 15 heavy (non-hydrogen) atoms. The number of nitrogens with one attached hydrogen (secondary N) is 1. The van der Waals surface area contributed by atoms with Gasteiger partial charge in [-0.05, 0) is 25.1 Å². The van der Waals surface area contributed by atoms with Crippen molar-refractivity contribution in [3.63, 3.8) is 0 Å². The molecule has 3 nitrogen and oxygen atoms in total. The molecule has 0 radical (unpaired) electrons. The third kappa shape index (κ3) is 3.53. The summed E-state index contributed by atoms with van der Waals surface area (Å²) >= 11 is 0. The summed E-state index contributed by atoms with van der Waals surface area (Å²) < 4.78 is 5.65. The van der Waals surface area contributed by atoms with Gasteiger partial charge in [0.15, 0.2) is 0 Å². The number of furan rings is 1. The van der Waals surface area contributed by atoms with Crippen molar-refractivity contribution in [2.75, 3.05) is 13.1 Å². The number of hydrogen-bond donors (Lipinski definition) is 2. The van der Waals surface area contributed by atoms with Gasteiger partial charge in [-0.3, -0.25) is 0 Å². The second-order valence-corrected chi connectivity index (χ2v) is 3.48. The molecule has 84 valence electrons. The maximum atomic E-state index is 5.69. The van der Waals surface area contributed by atoms with E-state index >= 15 is 0 Å². The quantitative estimate of drug-likeness (QED) is 0.532. The minimum atomic E-state index is 0.116. The Morgan fingerprint density at radius 1 is 1.60 bits per heavy atom. The van der Waals surface area contributed by atoms with Gasteiger partial charge in [0.25, 0.3) is 0 Å². The highest BCUT2D eigenvalue weighted by Crippen LogP contribution is 2.16. The lowest BCUT2D eigenvalue weighted by Crippen LogP contribution is -2.28. The van der Waals surface area contributed by atoms with Crippen molar-refractivity contribution < 1.29 is 4.42 Å². The summed E-state index contributed by atoms with van der Waals surface area (Å²) in [5.74, 6) is 1.94.